The number of aromatic nitrogens is 2. The van der Waals surface area contributed by atoms with Gasteiger partial charge in [-0.25, -0.2) is 0 Å². The van der Waals surface area contributed by atoms with Crippen LogP contribution in [-0.4, -0.2) is 27.9 Å². The second kappa shape index (κ2) is 4.27. The van der Waals surface area contributed by atoms with Crippen LogP contribution in [0.3, 0.4) is 0 Å². The Kier molecular flexibility index (Phi) is 3.05. The van der Waals surface area contributed by atoms with E-state index in [9.17, 15) is 18.0 Å². The molecule has 100 valence electrons. The summed E-state index contributed by atoms with van der Waals surface area (Å²) < 4.78 is 39.4. The van der Waals surface area contributed by atoms with Gasteiger partial charge in [0.05, 0.1) is 0 Å². The lowest BCUT2D eigenvalue weighted by atomic mass is 10.00. The van der Waals surface area contributed by atoms with Gasteiger partial charge in [0.1, 0.15) is 6.04 Å². The lowest BCUT2D eigenvalue weighted by Gasteiger charge is -2.26. The van der Waals surface area contributed by atoms with Crippen molar-refractivity contribution in [1.82, 2.24) is 15.1 Å². The first-order valence-corrected chi connectivity index (χ1v) is 5.53. The van der Waals surface area contributed by atoms with Crippen molar-refractivity contribution >= 4 is 5.91 Å². The Bertz CT molecular complexity index is 480. The third-order valence-corrected chi connectivity index (χ3v) is 3.02. The van der Waals surface area contributed by atoms with Gasteiger partial charge in [-0.1, -0.05) is 0 Å². The predicted molar refractivity (Wildman–Crippen MR) is 56.8 cm³/mol. The van der Waals surface area contributed by atoms with Crippen molar-refractivity contribution < 1.29 is 18.0 Å². The molecule has 2 heterocycles. The van der Waals surface area contributed by atoms with Gasteiger partial charge in [0, 0.05) is 30.8 Å². The number of primary amides is 1. The molecule has 0 saturated heterocycles. The number of hydrogen-bond donors (Lipinski definition) is 2. The van der Waals surface area contributed by atoms with Crippen molar-refractivity contribution in [2.75, 3.05) is 0 Å². The van der Waals surface area contributed by atoms with Crippen molar-refractivity contribution in [2.45, 2.75) is 38.7 Å². The van der Waals surface area contributed by atoms with Gasteiger partial charge in [-0.05, 0) is 6.92 Å². The van der Waals surface area contributed by atoms with Crippen LogP contribution in [0.5, 0.6) is 0 Å². The minimum Gasteiger partial charge on any atom is -0.364 e. The zero-order valence-corrected chi connectivity index (χ0v) is 9.71. The Morgan fingerprint density at radius 3 is 2.78 bits per heavy atom. The highest BCUT2D eigenvalue weighted by Gasteiger charge is 2.43. The van der Waals surface area contributed by atoms with Crippen LogP contribution in [0.25, 0.3) is 0 Å². The monoisotopic (exact) mass is 262 g/mol. The van der Waals surface area contributed by atoms with Crippen LogP contribution in [0.2, 0.25) is 0 Å². The molecular formula is C10H13F3N4O. The maximum Gasteiger partial charge on any atom is 0.404 e. The van der Waals surface area contributed by atoms with Crippen LogP contribution >= 0.6 is 0 Å². The van der Waals surface area contributed by atoms with E-state index in [1.807, 2.05) is 0 Å². The maximum atomic E-state index is 12.7. The van der Waals surface area contributed by atoms with Gasteiger partial charge < -0.3 is 11.1 Å². The maximum absolute atomic E-state index is 12.7. The van der Waals surface area contributed by atoms with E-state index in [0.29, 0.717) is 17.8 Å². The molecule has 0 saturated carbocycles. The average molecular weight is 262 g/mol. The number of hydrogen-bond acceptors (Lipinski definition) is 3. The molecule has 1 aliphatic heterocycles. The first-order chi connectivity index (χ1) is 8.34. The van der Waals surface area contributed by atoms with Crippen LogP contribution in [-0.2, 0) is 19.5 Å². The van der Waals surface area contributed by atoms with Crippen molar-refractivity contribution in [3.05, 3.63) is 17.0 Å². The van der Waals surface area contributed by atoms with Gasteiger partial charge in [-0.3, -0.25) is 9.48 Å². The number of nitrogens with one attached hydrogen (secondary N) is 1. The summed E-state index contributed by atoms with van der Waals surface area (Å²) in [5.74, 6) is -0.717. The average Bonchev–Trinajstić information content (AvgIpc) is 2.65. The van der Waals surface area contributed by atoms with Crippen LogP contribution < -0.4 is 11.1 Å². The van der Waals surface area contributed by atoms with E-state index in [0.717, 1.165) is 0 Å². The Balaban J connectivity index is 2.40. The number of halogens is 3. The zero-order chi connectivity index (χ0) is 13.5. The molecule has 0 fully saturated rings. The van der Waals surface area contributed by atoms with Crippen LogP contribution in [0.4, 0.5) is 13.2 Å². The fourth-order valence-electron chi connectivity index (χ4n) is 2.13. The molecule has 0 radical (unpaired) electrons. The SMILES string of the molecule is CCn1nc(C(N)=O)c2c1CC(C(F)(F)F)NC2. The Labute approximate surface area is 101 Å². The number of aryl methyl sites for hydroxylation is 1. The number of nitrogens with two attached hydrogens (primary N) is 1. The second-order valence-corrected chi connectivity index (χ2v) is 4.13. The first-order valence-electron chi connectivity index (χ1n) is 5.53. The topological polar surface area (TPSA) is 72.9 Å². The van der Waals surface area contributed by atoms with Crippen molar-refractivity contribution in [3.8, 4) is 0 Å². The minimum atomic E-state index is -4.31. The Hall–Kier alpha value is -1.57. The molecule has 0 spiro atoms. The molecule has 0 aliphatic carbocycles. The van der Waals surface area contributed by atoms with Crippen molar-refractivity contribution in [2.24, 2.45) is 5.73 Å². The summed E-state index contributed by atoms with van der Waals surface area (Å²) in [4.78, 5) is 11.2. The van der Waals surface area contributed by atoms with Crippen molar-refractivity contribution in [1.29, 1.82) is 0 Å². The van der Waals surface area contributed by atoms with Gasteiger partial charge in [0.2, 0.25) is 0 Å². The van der Waals surface area contributed by atoms with Crippen LogP contribution in [0.15, 0.2) is 0 Å². The summed E-state index contributed by atoms with van der Waals surface area (Å²) in [5, 5.41) is 6.32. The highest BCUT2D eigenvalue weighted by molar-refractivity contribution is 5.92. The normalized spacial score (nSPS) is 19.7. The van der Waals surface area contributed by atoms with Gasteiger partial charge in [0.15, 0.2) is 5.69 Å². The molecule has 0 aromatic carbocycles. The number of fused-ring (bicyclic) bond motifs is 1. The molecular weight excluding hydrogens is 249 g/mol. The molecule has 1 aromatic heterocycles. The van der Waals surface area contributed by atoms with E-state index in [2.05, 4.69) is 10.4 Å². The van der Waals surface area contributed by atoms with Gasteiger partial charge in [-0.2, -0.15) is 18.3 Å². The Morgan fingerprint density at radius 1 is 1.61 bits per heavy atom. The molecule has 1 amide bonds. The lowest BCUT2D eigenvalue weighted by molar-refractivity contribution is -0.157. The molecule has 5 nitrogen and oxygen atoms in total. The summed E-state index contributed by atoms with van der Waals surface area (Å²) >= 11 is 0. The first kappa shape index (κ1) is 12.9. The summed E-state index contributed by atoms with van der Waals surface area (Å²) in [6.07, 6.45) is -4.54. The quantitative estimate of drug-likeness (QED) is 0.818. The summed E-state index contributed by atoms with van der Waals surface area (Å²) in [6, 6.07) is -1.60. The second-order valence-electron chi connectivity index (χ2n) is 4.13. The van der Waals surface area contributed by atoms with Gasteiger partial charge in [-0.15, -0.1) is 0 Å². The smallest absolute Gasteiger partial charge is 0.364 e. The molecule has 2 rings (SSSR count). The Morgan fingerprint density at radius 2 is 2.28 bits per heavy atom. The number of alkyl halides is 3. The van der Waals surface area contributed by atoms with Gasteiger partial charge in [0.25, 0.3) is 5.91 Å². The summed E-state index contributed by atoms with van der Waals surface area (Å²) in [7, 11) is 0. The standard InChI is InChI=1S/C10H13F3N4O/c1-2-17-6-3-7(10(11,12)13)15-4-5(6)8(16-17)9(14)18/h7,15H,2-4H2,1H3,(H2,14,18). The number of amides is 1. The largest absolute Gasteiger partial charge is 0.404 e. The fraction of sp³-hybridized carbons (Fsp3) is 0.600. The third kappa shape index (κ3) is 2.07. The number of nitrogens with zero attached hydrogens (tertiary/aromatic N) is 2. The van der Waals surface area contributed by atoms with E-state index < -0.39 is 18.1 Å². The van der Waals surface area contributed by atoms with E-state index in [1.54, 1.807) is 6.92 Å². The highest BCUT2D eigenvalue weighted by atomic mass is 19.4. The number of rotatable bonds is 2. The van der Waals surface area contributed by atoms with Crippen LogP contribution in [0.1, 0.15) is 28.7 Å². The molecule has 18 heavy (non-hydrogen) atoms. The van der Waals surface area contributed by atoms with E-state index in [-0.39, 0.29) is 18.7 Å². The summed E-state index contributed by atoms with van der Waals surface area (Å²) in [6.45, 7) is 2.11. The molecule has 1 atom stereocenters. The van der Waals surface area contributed by atoms with Crippen molar-refractivity contribution in [3.63, 3.8) is 0 Å². The third-order valence-electron chi connectivity index (χ3n) is 3.02. The molecule has 8 heteroatoms. The van der Waals surface area contributed by atoms with E-state index in [4.69, 9.17) is 5.73 Å². The fourth-order valence-corrected chi connectivity index (χ4v) is 2.13. The minimum absolute atomic E-state index is 0.0439. The predicted octanol–water partition coefficient (Wildman–Crippen LogP) is 0.579. The van der Waals surface area contributed by atoms with Crippen LogP contribution in [0, 0.1) is 0 Å². The molecule has 1 aromatic rings. The number of carbonyl (C=O) groups is 1. The summed E-state index contributed by atoms with van der Waals surface area (Å²) in [5.41, 5.74) is 6.13. The highest BCUT2D eigenvalue weighted by Crippen LogP contribution is 2.29. The molecule has 1 unspecified atom stereocenters. The molecule has 3 N–H and O–H groups in total. The lowest BCUT2D eigenvalue weighted by Crippen LogP contribution is -2.47. The van der Waals surface area contributed by atoms with E-state index in [1.165, 1.54) is 4.68 Å². The molecule has 0 bridgehead atoms. The zero-order valence-electron chi connectivity index (χ0n) is 9.71. The van der Waals surface area contributed by atoms with E-state index >= 15 is 0 Å². The van der Waals surface area contributed by atoms with Gasteiger partial charge >= 0.3 is 6.18 Å². The molecule has 1 aliphatic rings. The number of carbonyl (C=O) groups excluding carboxylic acids is 1.